The number of rotatable bonds is 3. The van der Waals surface area contributed by atoms with E-state index in [1.54, 1.807) is 7.11 Å². The summed E-state index contributed by atoms with van der Waals surface area (Å²) < 4.78 is 10.5. The summed E-state index contributed by atoms with van der Waals surface area (Å²) in [6.45, 7) is 1.89. The lowest BCUT2D eigenvalue weighted by atomic mass is 10.2. The van der Waals surface area contributed by atoms with Gasteiger partial charge in [0, 0.05) is 5.56 Å². The zero-order valence-electron chi connectivity index (χ0n) is 10.4. The topological polar surface area (TPSA) is 60.5 Å². The summed E-state index contributed by atoms with van der Waals surface area (Å²) in [6, 6.07) is 7.68. The molecule has 5 nitrogen and oxygen atoms in total. The van der Waals surface area contributed by atoms with Gasteiger partial charge in [0.25, 0.3) is 0 Å². The van der Waals surface area contributed by atoms with Gasteiger partial charge in [0.1, 0.15) is 5.75 Å². The van der Waals surface area contributed by atoms with Crippen LogP contribution in [0.3, 0.4) is 0 Å². The van der Waals surface area contributed by atoms with Crippen molar-refractivity contribution in [1.29, 1.82) is 0 Å². The van der Waals surface area contributed by atoms with Crippen molar-refractivity contribution in [2.75, 3.05) is 13.4 Å². The van der Waals surface area contributed by atoms with Crippen molar-refractivity contribution < 1.29 is 9.15 Å². The highest BCUT2D eigenvalue weighted by molar-refractivity contribution is 8.13. The Kier molecular flexibility index (Phi) is 3.99. The van der Waals surface area contributed by atoms with E-state index in [4.69, 9.17) is 9.15 Å². The summed E-state index contributed by atoms with van der Waals surface area (Å²) in [4.78, 5) is 4.17. The predicted molar refractivity (Wildman–Crippen MR) is 72.6 cm³/mol. The minimum Gasteiger partial charge on any atom is -0.497 e. The Bertz CT molecular complexity index is 549. The molecule has 2 aromatic rings. The Hall–Kier alpha value is -1.82. The molecule has 0 radical (unpaired) electrons. The van der Waals surface area contributed by atoms with E-state index in [-0.39, 0.29) is 6.01 Å². The Labute approximate surface area is 109 Å². The van der Waals surface area contributed by atoms with Gasteiger partial charge in [0.05, 0.1) is 12.2 Å². The molecule has 6 heteroatoms. The number of hydrogen-bond donors (Lipinski definition) is 0. The highest BCUT2D eigenvalue weighted by atomic mass is 32.2. The van der Waals surface area contributed by atoms with Crippen molar-refractivity contribution in [3.05, 3.63) is 24.3 Å². The molecule has 94 valence electrons. The third-order valence-corrected chi connectivity index (χ3v) is 2.98. The second-order valence-electron chi connectivity index (χ2n) is 3.45. The normalized spacial score (nSPS) is 11.6. The maximum Gasteiger partial charge on any atom is 0.343 e. The Balaban J connectivity index is 2.23. The van der Waals surface area contributed by atoms with Crippen LogP contribution in [0.15, 0.2) is 33.7 Å². The third kappa shape index (κ3) is 2.89. The van der Waals surface area contributed by atoms with Crippen molar-refractivity contribution in [3.63, 3.8) is 0 Å². The molecule has 0 amide bonds. The zero-order valence-corrected chi connectivity index (χ0v) is 11.2. The highest BCUT2D eigenvalue weighted by Crippen LogP contribution is 2.23. The summed E-state index contributed by atoms with van der Waals surface area (Å²) in [6.07, 6.45) is 1.94. The molecular formula is C12H13N3O2S. The van der Waals surface area contributed by atoms with Crippen LogP contribution in [0.4, 0.5) is 6.01 Å². The smallest absolute Gasteiger partial charge is 0.343 e. The van der Waals surface area contributed by atoms with Crippen LogP contribution in [-0.4, -0.2) is 28.6 Å². The number of ether oxygens (including phenoxy) is 1. The third-order valence-electron chi connectivity index (χ3n) is 2.30. The minimum absolute atomic E-state index is 0.271. The minimum atomic E-state index is 0.271. The maximum atomic E-state index is 5.45. The zero-order chi connectivity index (χ0) is 13.0. The largest absolute Gasteiger partial charge is 0.497 e. The molecule has 0 fully saturated rings. The summed E-state index contributed by atoms with van der Waals surface area (Å²) in [5.74, 6) is 1.24. The van der Waals surface area contributed by atoms with E-state index in [0.29, 0.717) is 5.89 Å². The van der Waals surface area contributed by atoms with Gasteiger partial charge in [-0.25, -0.2) is 0 Å². The van der Waals surface area contributed by atoms with Gasteiger partial charge in [-0.3, -0.25) is 0 Å². The lowest BCUT2D eigenvalue weighted by Gasteiger charge is -1.98. The summed E-state index contributed by atoms with van der Waals surface area (Å²) in [5.41, 5.74) is 0.839. The van der Waals surface area contributed by atoms with Crippen LogP contribution in [0.1, 0.15) is 6.92 Å². The van der Waals surface area contributed by atoms with Crippen LogP contribution < -0.4 is 4.74 Å². The van der Waals surface area contributed by atoms with Crippen LogP contribution in [-0.2, 0) is 0 Å². The average molecular weight is 263 g/mol. The van der Waals surface area contributed by atoms with Crippen molar-refractivity contribution in [2.45, 2.75) is 6.92 Å². The molecule has 2 rings (SSSR count). The van der Waals surface area contributed by atoms with Gasteiger partial charge >= 0.3 is 6.01 Å². The molecule has 0 unspecified atom stereocenters. The number of hydrogen-bond acceptors (Lipinski definition) is 6. The molecule has 1 aromatic carbocycles. The molecule has 0 aliphatic rings. The van der Waals surface area contributed by atoms with Gasteiger partial charge in [-0.15, -0.1) is 16.9 Å². The summed E-state index contributed by atoms with van der Waals surface area (Å²) in [5, 5.41) is 8.70. The molecule has 0 saturated carbocycles. The first-order valence-electron chi connectivity index (χ1n) is 5.30. The van der Waals surface area contributed by atoms with E-state index in [0.717, 1.165) is 16.4 Å². The van der Waals surface area contributed by atoms with Gasteiger partial charge < -0.3 is 9.15 Å². The van der Waals surface area contributed by atoms with Crippen LogP contribution >= 0.6 is 11.8 Å². The quantitative estimate of drug-likeness (QED) is 0.628. The number of thioether (sulfide) groups is 1. The van der Waals surface area contributed by atoms with Crippen LogP contribution in [0.2, 0.25) is 0 Å². The Morgan fingerprint density at radius 2 is 2.00 bits per heavy atom. The fraction of sp³-hybridized carbons (Fsp3) is 0.250. The first-order chi connectivity index (χ1) is 8.72. The molecule has 0 aliphatic carbocycles. The number of aliphatic imine (C=N–C) groups is 1. The van der Waals surface area contributed by atoms with Gasteiger partial charge in [-0.05, 0) is 37.4 Å². The van der Waals surface area contributed by atoms with Gasteiger partial charge in [-0.2, -0.15) is 4.99 Å². The second-order valence-corrected chi connectivity index (χ2v) is 4.45. The lowest BCUT2D eigenvalue weighted by molar-refractivity contribution is 0.415. The van der Waals surface area contributed by atoms with E-state index in [2.05, 4.69) is 15.2 Å². The summed E-state index contributed by atoms with van der Waals surface area (Å²) in [7, 11) is 1.62. The van der Waals surface area contributed by atoms with Crippen molar-refractivity contribution >= 4 is 22.8 Å². The van der Waals surface area contributed by atoms with E-state index < -0.39 is 0 Å². The van der Waals surface area contributed by atoms with E-state index in [9.17, 15) is 0 Å². The first-order valence-corrected chi connectivity index (χ1v) is 6.52. The molecular weight excluding hydrogens is 250 g/mol. The van der Waals surface area contributed by atoms with Gasteiger partial charge in [0.15, 0.2) is 0 Å². The van der Waals surface area contributed by atoms with E-state index in [1.807, 2.05) is 37.4 Å². The van der Waals surface area contributed by atoms with E-state index >= 15 is 0 Å². The van der Waals surface area contributed by atoms with Gasteiger partial charge in [0.2, 0.25) is 5.89 Å². The molecule has 1 aromatic heterocycles. The molecule has 0 atom stereocenters. The molecule has 0 N–H and O–H groups in total. The standard InChI is InChI=1S/C12H13N3O2S/c1-8(18-3)13-12-15-14-11(17-12)9-4-6-10(16-2)7-5-9/h4-7H,1-3H3. The number of nitrogens with zero attached hydrogens (tertiary/aromatic N) is 3. The summed E-state index contributed by atoms with van der Waals surface area (Å²) >= 11 is 1.54. The number of aromatic nitrogens is 2. The van der Waals surface area contributed by atoms with Gasteiger partial charge in [-0.1, -0.05) is 5.10 Å². The second kappa shape index (κ2) is 5.68. The Morgan fingerprint density at radius 1 is 1.28 bits per heavy atom. The molecule has 0 bridgehead atoms. The highest BCUT2D eigenvalue weighted by Gasteiger charge is 2.08. The maximum absolute atomic E-state index is 5.45. The fourth-order valence-electron chi connectivity index (χ4n) is 1.29. The van der Waals surface area contributed by atoms with Crippen molar-refractivity contribution in [2.24, 2.45) is 4.99 Å². The predicted octanol–water partition coefficient (Wildman–Crippen LogP) is 3.16. The molecule has 0 aliphatic heterocycles. The SMILES string of the molecule is COc1ccc(-c2nnc(N=C(C)SC)o2)cc1. The molecule has 18 heavy (non-hydrogen) atoms. The van der Waals surface area contributed by atoms with Crippen molar-refractivity contribution in [3.8, 4) is 17.2 Å². The Morgan fingerprint density at radius 3 is 2.61 bits per heavy atom. The van der Waals surface area contributed by atoms with Crippen LogP contribution in [0, 0.1) is 0 Å². The molecule has 1 heterocycles. The monoisotopic (exact) mass is 263 g/mol. The molecule has 0 saturated heterocycles. The van der Waals surface area contributed by atoms with Crippen LogP contribution in [0.25, 0.3) is 11.5 Å². The van der Waals surface area contributed by atoms with Crippen LogP contribution in [0.5, 0.6) is 5.75 Å². The average Bonchev–Trinajstić information content (AvgIpc) is 2.87. The number of methoxy groups -OCH3 is 1. The lowest BCUT2D eigenvalue weighted by Crippen LogP contribution is -1.82. The molecule has 0 spiro atoms. The van der Waals surface area contributed by atoms with E-state index in [1.165, 1.54) is 11.8 Å². The fourth-order valence-corrected chi connectivity index (χ4v) is 1.46. The number of benzene rings is 1. The van der Waals surface area contributed by atoms with Crippen molar-refractivity contribution in [1.82, 2.24) is 10.2 Å². The first kappa shape index (κ1) is 12.6.